The predicted octanol–water partition coefficient (Wildman–Crippen LogP) is 2.81. The number of ether oxygens (including phenoxy) is 1. The lowest BCUT2D eigenvalue weighted by molar-refractivity contribution is 0.0974. The quantitative estimate of drug-likeness (QED) is 0.907. The minimum absolute atomic E-state index is 0.191. The van der Waals surface area contributed by atoms with Gasteiger partial charge in [-0.25, -0.2) is 4.99 Å². The molecule has 2 aliphatic rings. The molecule has 132 valence electrons. The lowest BCUT2D eigenvalue weighted by Gasteiger charge is -2.27. The Morgan fingerprint density at radius 3 is 2.65 bits per heavy atom. The van der Waals surface area contributed by atoms with E-state index in [0.717, 1.165) is 34.0 Å². The largest absolute Gasteiger partial charge is 0.496 e. The number of methoxy groups -OCH3 is 1. The number of hydrogen-bond acceptors (Lipinski definition) is 5. The summed E-state index contributed by atoms with van der Waals surface area (Å²) in [5.41, 5.74) is 4.26. The molecule has 6 heteroatoms. The van der Waals surface area contributed by atoms with Crippen LogP contribution in [0.15, 0.2) is 46.4 Å². The van der Waals surface area contributed by atoms with Gasteiger partial charge in [-0.15, -0.1) is 0 Å². The van der Waals surface area contributed by atoms with Crippen molar-refractivity contribution in [2.75, 3.05) is 20.2 Å². The Morgan fingerprint density at radius 1 is 1.19 bits per heavy atom. The van der Waals surface area contributed by atoms with E-state index < -0.39 is 0 Å². The van der Waals surface area contributed by atoms with Gasteiger partial charge in [0.1, 0.15) is 11.6 Å². The number of para-hydroxylation sites is 1. The van der Waals surface area contributed by atoms with Crippen molar-refractivity contribution in [3.63, 3.8) is 0 Å². The zero-order valence-corrected chi connectivity index (χ0v) is 15.0. The van der Waals surface area contributed by atoms with E-state index in [0.29, 0.717) is 24.6 Å². The first-order chi connectivity index (χ1) is 12.6. The lowest BCUT2D eigenvalue weighted by Crippen LogP contribution is -2.47. The van der Waals surface area contributed by atoms with Gasteiger partial charge in [0.05, 0.1) is 19.3 Å². The van der Waals surface area contributed by atoms with Crippen LogP contribution in [0.25, 0.3) is 0 Å². The minimum Gasteiger partial charge on any atom is -0.496 e. The van der Waals surface area contributed by atoms with Gasteiger partial charge in [-0.05, 0) is 49.2 Å². The van der Waals surface area contributed by atoms with E-state index in [1.54, 1.807) is 7.11 Å². The van der Waals surface area contributed by atoms with Crippen molar-refractivity contribution >= 4 is 23.4 Å². The average Bonchev–Trinajstić information content (AvgIpc) is 3.12. The molecule has 0 radical (unpaired) electrons. The second-order valence-electron chi connectivity index (χ2n) is 6.41. The molecule has 2 heterocycles. The molecule has 0 spiro atoms. The molecule has 0 atom stereocenters. The topological polar surface area (TPSA) is 66.3 Å². The fourth-order valence-electron chi connectivity index (χ4n) is 3.49. The second kappa shape index (κ2) is 6.29. The van der Waals surface area contributed by atoms with Crippen LogP contribution in [0.1, 0.15) is 27.0 Å². The second-order valence-corrected chi connectivity index (χ2v) is 6.41. The molecule has 0 saturated carbocycles. The van der Waals surface area contributed by atoms with E-state index in [9.17, 15) is 4.79 Å². The standard InChI is InChI=1S/C20H20N4O2/c1-12-10-14(11-13(2)17(12)26-3)19(25)23-20-22-16-7-5-4-6-15(16)18-21-8-9-24(18)20/h4-7,10-11H,8-9H2,1-3H3,(H,22,23,25). The molecule has 0 aliphatic carbocycles. The molecule has 2 aromatic carbocycles. The molecule has 26 heavy (non-hydrogen) atoms. The summed E-state index contributed by atoms with van der Waals surface area (Å²) in [4.78, 5) is 24.0. The van der Waals surface area contributed by atoms with Crippen LogP contribution in [0.4, 0.5) is 5.69 Å². The summed E-state index contributed by atoms with van der Waals surface area (Å²) >= 11 is 0. The van der Waals surface area contributed by atoms with Crippen LogP contribution in [0.3, 0.4) is 0 Å². The molecule has 6 nitrogen and oxygen atoms in total. The van der Waals surface area contributed by atoms with Crippen LogP contribution in [0, 0.1) is 13.8 Å². The molecule has 2 aliphatic heterocycles. The molecule has 0 fully saturated rings. The van der Waals surface area contributed by atoms with Crippen molar-refractivity contribution in [3.05, 3.63) is 58.7 Å². The Bertz CT molecular complexity index is 939. The highest BCUT2D eigenvalue weighted by Crippen LogP contribution is 2.28. The van der Waals surface area contributed by atoms with E-state index in [1.807, 2.05) is 55.1 Å². The zero-order chi connectivity index (χ0) is 18.3. The van der Waals surface area contributed by atoms with E-state index in [4.69, 9.17) is 4.74 Å². The average molecular weight is 348 g/mol. The van der Waals surface area contributed by atoms with Crippen molar-refractivity contribution in [1.82, 2.24) is 10.2 Å². The molecule has 0 bridgehead atoms. The van der Waals surface area contributed by atoms with Crippen LogP contribution in [-0.4, -0.2) is 42.8 Å². The molecule has 1 amide bonds. The van der Waals surface area contributed by atoms with Gasteiger partial charge in [0.25, 0.3) is 5.91 Å². The third-order valence-corrected chi connectivity index (χ3v) is 4.62. The molecule has 0 unspecified atom stereocenters. The molecule has 1 N–H and O–H groups in total. The first-order valence-electron chi connectivity index (χ1n) is 8.55. The fourth-order valence-corrected chi connectivity index (χ4v) is 3.49. The number of aryl methyl sites for hydroxylation is 2. The minimum atomic E-state index is -0.191. The Balaban J connectivity index is 1.66. The summed E-state index contributed by atoms with van der Waals surface area (Å²) in [6.07, 6.45) is 0. The Kier molecular flexibility index (Phi) is 3.95. The summed E-state index contributed by atoms with van der Waals surface area (Å²) in [7, 11) is 1.64. The number of rotatable bonds is 2. The zero-order valence-electron chi connectivity index (χ0n) is 15.0. The number of fused-ring (bicyclic) bond motifs is 3. The van der Waals surface area contributed by atoms with Gasteiger partial charge in [0.15, 0.2) is 0 Å². The number of benzene rings is 2. The third kappa shape index (κ3) is 2.63. The highest BCUT2D eigenvalue weighted by Gasteiger charge is 2.30. The Morgan fingerprint density at radius 2 is 1.92 bits per heavy atom. The summed E-state index contributed by atoms with van der Waals surface area (Å²) in [5.74, 6) is 2.01. The highest BCUT2D eigenvalue weighted by atomic mass is 16.5. The fraction of sp³-hybridized carbons (Fsp3) is 0.250. The maximum absolute atomic E-state index is 12.8. The van der Waals surface area contributed by atoms with E-state index in [1.165, 1.54) is 0 Å². The first kappa shape index (κ1) is 16.3. The van der Waals surface area contributed by atoms with Crippen LogP contribution < -0.4 is 10.1 Å². The predicted molar refractivity (Wildman–Crippen MR) is 102 cm³/mol. The lowest BCUT2D eigenvalue weighted by atomic mass is 10.1. The maximum atomic E-state index is 12.8. The van der Waals surface area contributed by atoms with Crippen LogP contribution in [-0.2, 0) is 0 Å². The monoisotopic (exact) mass is 348 g/mol. The summed E-state index contributed by atoms with van der Waals surface area (Å²) in [5, 5.41) is 2.95. The van der Waals surface area contributed by atoms with Gasteiger partial charge in [0, 0.05) is 17.7 Å². The van der Waals surface area contributed by atoms with Crippen molar-refractivity contribution in [3.8, 4) is 5.75 Å². The first-order valence-corrected chi connectivity index (χ1v) is 8.55. The van der Waals surface area contributed by atoms with Gasteiger partial charge in [-0.2, -0.15) is 0 Å². The summed E-state index contributed by atoms with van der Waals surface area (Å²) in [6.45, 7) is 5.27. The Hall–Kier alpha value is -3.15. The van der Waals surface area contributed by atoms with E-state index >= 15 is 0 Å². The van der Waals surface area contributed by atoms with Crippen molar-refractivity contribution < 1.29 is 9.53 Å². The summed E-state index contributed by atoms with van der Waals surface area (Å²) < 4.78 is 5.38. The third-order valence-electron chi connectivity index (χ3n) is 4.62. The van der Waals surface area contributed by atoms with E-state index in [2.05, 4.69) is 15.3 Å². The van der Waals surface area contributed by atoms with Crippen LogP contribution >= 0.6 is 0 Å². The van der Waals surface area contributed by atoms with Crippen molar-refractivity contribution in [2.45, 2.75) is 13.8 Å². The number of amidine groups is 1. The van der Waals surface area contributed by atoms with Crippen molar-refractivity contribution in [2.24, 2.45) is 9.98 Å². The van der Waals surface area contributed by atoms with Gasteiger partial charge >= 0.3 is 0 Å². The molecule has 0 saturated heterocycles. The van der Waals surface area contributed by atoms with Gasteiger partial charge in [-0.3, -0.25) is 20.0 Å². The number of nitrogens with one attached hydrogen (secondary N) is 1. The highest BCUT2D eigenvalue weighted by molar-refractivity contribution is 6.19. The molecule has 4 rings (SSSR count). The summed E-state index contributed by atoms with van der Waals surface area (Å²) in [6, 6.07) is 11.5. The van der Waals surface area contributed by atoms with Crippen LogP contribution in [0.2, 0.25) is 0 Å². The van der Waals surface area contributed by atoms with Crippen LogP contribution in [0.5, 0.6) is 5.75 Å². The van der Waals surface area contributed by atoms with Gasteiger partial charge < -0.3 is 4.74 Å². The molecule has 2 aromatic rings. The number of carbonyl (C=O) groups is 1. The number of carbonyl (C=O) groups excluding carboxylic acids is 1. The molecule has 0 aromatic heterocycles. The number of aliphatic imine (C=N–C) groups is 2. The van der Waals surface area contributed by atoms with E-state index in [-0.39, 0.29) is 5.91 Å². The maximum Gasteiger partial charge on any atom is 0.257 e. The molecular formula is C20H20N4O2. The van der Waals surface area contributed by atoms with Gasteiger partial charge in [0.2, 0.25) is 5.96 Å². The normalized spacial score (nSPS) is 15.0. The van der Waals surface area contributed by atoms with Gasteiger partial charge in [-0.1, -0.05) is 12.1 Å². The van der Waals surface area contributed by atoms with Crippen molar-refractivity contribution in [1.29, 1.82) is 0 Å². The number of hydrogen-bond donors (Lipinski definition) is 1. The number of nitrogens with zero attached hydrogens (tertiary/aromatic N) is 3. The smallest absolute Gasteiger partial charge is 0.257 e. The number of guanidine groups is 1. The molecular weight excluding hydrogens is 328 g/mol. The SMILES string of the molecule is COc1c(C)cc(C(=O)NC2=Nc3ccccc3C3=NCCN23)cc1C. The Labute approximate surface area is 152 Å². The number of amides is 1.